The number of allylic oxidation sites excluding steroid dienone is 1. The zero-order valence-electron chi connectivity index (χ0n) is 22.3. The molecule has 0 radical (unpaired) electrons. The molecule has 1 amide bonds. The molecule has 8 heteroatoms. The maximum atomic E-state index is 14.3. The number of hydrogen-bond donors (Lipinski definition) is 1. The van der Waals surface area contributed by atoms with Crippen molar-refractivity contribution >= 4 is 28.8 Å². The fraction of sp³-hybridized carbons (Fsp3) is 0.152. The summed E-state index contributed by atoms with van der Waals surface area (Å²) in [5, 5.41) is 15.3. The Morgan fingerprint density at radius 1 is 0.902 bits per heavy atom. The van der Waals surface area contributed by atoms with Crippen LogP contribution < -0.4 is 15.0 Å². The highest BCUT2D eigenvalue weighted by atomic mass is 16.6. The molecule has 0 spiro atoms. The minimum Gasteiger partial charge on any atom is -0.497 e. The lowest BCUT2D eigenvalue weighted by Gasteiger charge is -2.35. The Labute approximate surface area is 237 Å². The number of para-hydroxylation sites is 2. The number of amides is 1. The number of Topliss-reactive ketones (excluding diaryl/α,β-unsaturated/α-hetero) is 1. The summed E-state index contributed by atoms with van der Waals surface area (Å²) in [6.07, 6.45) is 0.766. The highest BCUT2D eigenvalue weighted by Gasteiger charge is 2.42. The number of rotatable bonds is 5. The molecule has 1 heterocycles. The smallest absolute Gasteiger partial charge is 0.269 e. The summed E-state index contributed by atoms with van der Waals surface area (Å²) in [6, 6.07) is 29.3. The summed E-state index contributed by atoms with van der Waals surface area (Å²) in [5.41, 5.74) is 4.24. The topological polar surface area (TPSA) is 102 Å². The van der Waals surface area contributed by atoms with Gasteiger partial charge in [-0.15, -0.1) is 0 Å². The van der Waals surface area contributed by atoms with Crippen molar-refractivity contribution in [2.45, 2.75) is 24.8 Å². The number of non-ortho nitro benzene ring substituents is 1. The maximum absolute atomic E-state index is 14.3. The quantitative estimate of drug-likeness (QED) is 0.218. The number of carbonyl (C=O) groups excluding carboxylic acids is 2. The van der Waals surface area contributed by atoms with E-state index in [9.17, 15) is 19.7 Å². The Morgan fingerprint density at radius 2 is 1.63 bits per heavy atom. The third-order valence-corrected chi connectivity index (χ3v) is 7.71. The lowest BCUT2D eigenvalue weighted by Crippen LogP contribution is -2.38. The summed E-state index contributed by atoms with van der Waals surface area (Å²) < 4.78 is 5.31. The van der Waals surface area contributed by atoms with E-state index in [4.69, 9.17) is 4.74 Å². The maximum Gasteiger partial charge on any atom is 0.269 e. The van der Waals surface area contributed by atoms with Crippen LogP contribution in [0.15, 0.2) is 114 Å². The van der Waals surface area contributed by atoms with Crippen LogP contribution in [-0.2, 0) is 4.79 Å². The molecule has 4 aromatic carbocycles. The molecule has 0 bridgehead atoms. The molecule has 2 atom stereocenters. The number of ketones is 1. The van der Waals surface area contributed by atoms with E-state index in [2.05, 4.69) is 5.32 Å². The van der Waals surface area contributed by atoms with Gasteiger partial charge in [-0.25, -0.2) is 0 Å². The van der Waals surface area contributed by atoms with Gasteiger partial charge in [-0.2, -0.15) is 0 Å². The molecule has 0 unspecified atom stereocenters. The van der Waals surface area contributed by atoms with Crippen molar-refractivity contribution in [3.05, 3.63) is 141 Å². The predicted molar refractivity (Wildman–Crippen MR) is 156 cm³/mol. The minimum atomic E-state index is -0.877. The number of methoxy groups -OCH3 is 1. The van der Waals surface area contributed by atoms with Gasteiger partial charge >= 0.3 is 0 Å². The van der Waals surface area contributed by atoms with Crippen molar-refractivity contribution in [2.75, 3.05) is 17.3 Å². The molecular weight excluding hydrogens is 518 g/mol. The molecule has 0 saturated carbocycles. The molecule has 0 fully saturated rings. The number of nitro benzene ring substituents is 1. The van der Waals surface area contributed by atoms with Crippen LogP contribution in [0.4, 0.5) is 17.1 Å². The van der Waals surface area contributed by atoms with E-state index in [1.54, 1.807) is 48.4 Å². The molecule has 4 aromatic rings. The second kappa shape index (κ2) is 10.7. The first-order chi connectivity index (χ1) is 19.9. The van der Waals surface area contributed by atoms with Gasteiger partial charge in [0, 0.05) is 35.4 Å². The summed E-state index contributed by atoms with van der Waals surface area (Å²) in [7, 11) is 1.61. The highest BCUT2D eigenvalue weighted by Crippen LogP contribution is 2.48. The number of fused-ring (bicyclic) bond motifs is 1. The summed E-state index contributed by atoms with van der Waals surface area (Å²) in [6.45, 7) is 0. The van der Waals surface area contributed by atoms with Crippen LogP contribution >= 0.6 is 0 Å². The van der Waals surface area contributed by atoms with Gasteiger partial charge in [0.25, 0.3) is 11.6 Å². The third kappa shape index (κ3) is 4.84. The molecule has 0 aromatic heterocycles. The van der Waals surface area contributed by atoms with Gasteiger partial charge in [-0.1, -0.05) is 54.6 Å². The van der Waals surface area contributed by atoms with E-state index in [1.807, 2.05) is 54.6 Å². The number of ether oxygens (including phenoxy) is 1. The molecule has 2 aliphatic rings. The predicted octanol–water partition coefficient (Wildman–Crippen LogP) is 6.82. The summed E-state index contributed by atoms with van der Waals surface area (Å²) in [5.74, 6) is 0.219. The Morgan fingerprint density at radius 3 is 2.37 bits per heavy atom. The van der Waals surface area contributed by atoms with E-state index in [1.165, 1.54) is 12.1 Å². The number of nitro groups is 1. The normalized spacial score (nSPS) is 18.1. The largest absolute Gasteiger partial charge is 0.497 e. The lowest BCUT2D eigenvalue weighted by molar-refractivity contribution is -0.384. The van der Waals surface area contributed by atoms with E-state index >= 15 is 0 Å². The third-order valence-electron chi connectivity index (χ3n) is 7.71. The number of nitrogens with one attached hydrogen (secondary N) is 1. The first-order valence-corrected chi connectivity index (χ1v) is 13.3. The molecule has 6 rings (SSSR count). The van der Waals surface area contributed by atoms with Crippen molar-refractivity contribution in [2.24, 2.45) is 0 Å². The SMILES string of the molecule is COc1ccc([C@H]2CC(=O)C3=C(C2)Nc2ccccc2N(C(=O)c2ccccc2)[C@@H]3c2cccc([N+](=O)[O-])c2)cc1. The Hall–Kier alpha value is -5.24. The van der Waals surface area contributed by atoms with E-state index < -0.39 is 11.0 Å². The van der Waals surface area contributed by atoms with E-state index in [-0.39, 0.29) is 29.7 Å². The highest BCUT2D eigenvalue weighted by molar-refractivity contribution is 6.12. The number of carbonyl (C=O) groups is 2. The molecule has 41 heavy (non-hydrogen) atoms. The lowest BCUT2D eigenvalue weighted by atomic mass is 9.78. The van der Waals surface area contributed by atoms with Crippen LogP contribution in [0.2, 0.25) is 0 Å². The molecular formula is C33H27N3O5. The zero-order chi connectivity index (χ0) is 28.5. The van der Waals surface area contributed by atoms with E-state index in [0.29, 0.717) is 40.2 Å². The second-order valence-corrected chi connectivity index (χ2v) is 10.1. The van der Waals surface area contributed by atoms with Crippen LogP contribution in [0.25, 0.3) is 0 Å². The van der Waals surface area contributed by atoms with Crippen molar-refractivity contribution in [1.82, 2.24) is 0 Å². The van der Waals surface area contributed by atoms with Gasteiger partial charge in [0.15, 0.2) is 5.78 Å². The monoisotopic (exact) mass is 545 g/mol. The Bertz CT molecular complexity index is 1680. The van der Waals surface area contributed by atoms with Crippen molar-refractivity contribution in [3.63, 3.8) is 0 Å². The van der Waals surface area contributed by atoms with Gasteiger partial charge in [-0.3, -0.25) is 24.6 Å². The van der Waals surface area contributed by atoms with Gasteiger partial charge in [-0.05, 0) is 59.9 Å². The molecule has 0 saturated heterocycles. The van der Waals surface area contributed by atoms with Crippen LogP contribution in [0.1, 0.15) is 46.3 Å². The minimum absolute atomic E-state index is 0.0889. The first-order valence-electron chi connectivity index (χ1n) is 13.3. The van der Waals surface area contributed by atoms with Crippen molar-refractivity contribution in [3.8, 4) is 5.75 Å². The molecule has 1 N–H and O–H groups in total. The number of nitrogens with zero attached hydrogens (tertiary/aromatic N) is 2. The fourth-order valence-electron chi connectivity index (χ4n) is 5.77. The van der Waals surface area contributed by atoms with Gasteiger partial charge < -0.3 is 10.1 Å². The van der Waals surface area contributed by atoms with E-state index in [0.717, 1.165) is 11.3 Å². The fourth-order valence-corrected chi connectivity index (χ4v) is 5.77. The average Bonchev–Trinajstić information content (AvgIpc) is 3.16. The van der Waals surface area contributed by atoms with Crippen LogP contribution in [-0.4, -0.2) is 23.7 Å². The van der Waals surface area contributed by atoms with Crippen LogP contribution in [0.3, 0.4) is 0 Å². The number of benzene rings is 4. The second-order valence-electron chi connectivity index (χ2n) is 10.1. The first kappa shape index (κ1) is 26.0. The van der Waals surface area contributed by atoms with Gasteiger partial charge in [0.1, 0.15) is 5.75 Å². The molecule has 204 valence electrons. The van der Waals surface area contributed by atoms with Gasteiger partial charge in [0.2, 0.25) is 0 Å². The molecule has 1 aliphatic heterocycles. The Kier molecular flexibility index (Phi) is 6.81. The van der Waals surface area contributed by atoms with Crippen LogP contribution in [0.5, 0.6) is 5.75 Å². The van der Waals surface area contributed by atoms with Gasteiger partial charge in [0.05, 0.1) is 29.4 Å². The molecule has 1 aliphatic carbocycles. The number of anilines is 2. The molecule has 8 nitrogen and oxygen atoms in total. The summed E-state index contributed by atoms with van der Waals surface area (Å²) in [4.78, 5) is 41.3. The zero-order valence-corrected chi connectivity index (χ0v) is 22.3. The van der Waals surface area contributed by atoms with Crippen LogP contribution in [0, 0.1) is 10.1 Å². The standard InChI is InChI=1S/C33H27N3O5/c1-41-26-16-14-21(15-17-26)24-19-28-31(30(37)20-24)32(23-10-7-11-25(18-23)36(39)40)35(29-13-6-5-12-27(29)34-28)33(38)22-8-3-2-4-9-22/h2-18,24,32,34H,19-20H2,1H3/t24-,32-/m1/s1. The average molecular weight is 546 g/mol. The van der Waals surface area contributed by atoms with Crippen molar-refractivity contribution < 1.29 is 19.2 Å². The summed E-state index contributed by atoms with van der Waals surface area (Å²) >= 11 is 0. The Balaban J connectivity index is 1.55. The number of hydrogen-bond acceptors (Lipinski definition) is 6. The van der Waals surface area contributed by atoms with Crippen molar-refractivity contribution in [1.29, 1.82) is 0 Å².